The number of benzene rings is 4. The second-order valence-electron chi connectivity index (χ2n) is 6.59. The Morgan fingerprint density at radius 1 is 0.815 bits per heavy atom. The Labute approximate surface area is 163 Å². The summed E-state index contributed by atoms with van der Waals surface area (Å²) < 4.78 is 7.05. The first-order chi connectivity index (χ1) is 13.3. The molecule has 0 bridgehead atoms. The molecule has 2 aromatic heterocycles. The van der Waals surface area contributed by atoms with Crippen LogP contribution < -0.4 is 0 Å². The molecule has 0 aliphatic heterocycles. The number of aromatic nitrogens is 1. The second-order valence-corrected chi connectivity index (χ2v) is 8.00. The van der Waals surface area contributed by atoms with Crippen molar-refractivity contribution in [2.24, 2.45) is 0 Å². The molecule has 6 rings (SSSR count). The summed E-state index contributed by atoms with van der Waals surface area (Å²) in [7, 11) is 0. The van der Waals surface area contributed by atoms with E-state index in [4.69, 9.17) is 21.0 Å². The van der Waals surface area contributed by atoms with Crippen LogP contribution in [-0.2, 0) is 0 Å². The molecule has 128 valence electrons. The molecule has 2 heterocycles. The van der Waals surface area contributed by atoms with Gasteiger partial charge in [-0.25, -0.2) is 4.98 Å². The largest absolute Gasteiger partial charge is 0.456 e. The maximum absolute atomic E-state index is 6.77. The van der Waals surface area contributed by atoms with Gasteiger partial charge in [0.25, 0.3) is 0 Å². The Balaban J connectivity index is 1.62. The zero-order valence-corrected chi connectivity index (χ0v) is 15.6. The van der Waals surface area contributed by atoms with Crippen molar-refractivity contribution in [3.63, 3.8) is 0 Å². The molecule has 4 heteroatoms. The molecule has 0 saturated carbocycles. The number of para-hydroxylation sites is 1. The zero-order chi connectivity index (χ0) is 18.0. The van der Waals surface area contributed by atoms with E-state index in [1.165, 1.54) is 10.8 Å². The van der Waals surface area contributed by atoms with Crippen molar-refractivity contribution in [3.8, 4) is 10.6 Å². The molecule has 0 amide bonds. The molecule has 27 heavy (non-hydrogen) atoms. The van der Waals surface area contributed by atoms with Crippen LogP contribution in [0, 0.1) is 0 Å². The highest BCUT2D eigenvalue weighted by molar-refractivity contribution is 7.21. The van der Waals surface area contributed by atoms with Gasteiger partial charge in [0, 0.05) is 22.4 Å². The molecule has 0 radical (unpaired) electrons. The fraction of sp³-hybridized carbons (Fsp3) is 0. The molecular weight excluding hydrogens is 374 g/mol. The van der Waals surface area contributed by atoms with E-state index in [0.717, 1.165) is 42.7 Å². The molecule has 2 nitrogen and oxygen atoms in total. The van der Waals surface area contributed by atoms with E-state index < -0.39 is 0 Å². The van der Waals surface area contributed by atoms with Gasteiger partial charge in [0.05, 0.1) is 9.72 Å². The van der Waals surface area contributed by atoms with E-state index in [9.17, 15) is 0 Å². The summed E-state index contributed by atoms with van der Waals surface area (Å²) in [4.78, 5) is 4.87. The first-order valence-electron chi connectivity index (χ1n) is 8.67. The Hall–Kier alpha value is -2.88. The highest BCUT2D eigenvalue weighted by Gasteiger charge is 2.17. The van der Waals surface area contributed by atoms with Gasteiger partial charge in [0.1, 0.15) is 21.7 Å². The first kappa shape index (κ1) is 15.2. The predicted octanol–water partition coefficient (Wildman–Crippen LogP) is 7.67. The number of halogens is 1. The van der Waals surface area contributed by atoms with Gasteiger partial charge in [-0.3, -0.25) is 0 Å². The number of hydrogen-bond donors (Lipinski definition) is 0. The topological polar surface area (TPSA) is 26.0 Å². The smallest absolute Gasteiger partial charge is 0.138 e. The van der Waals surface area contributed by atoms with Gasteiger partial charge < -0.3 is 4.42 Å². The molecular formula is C23H12ClNOS. The maximum Gasteiger partial charge on any atom is 0.138 e. The minimum atomic E-state index is 0.663. The summed E-state index contributed by atoms with van der Waals surface area (Å²) >= 11 is 8.42. The van der Waals surface area contributed by atoms with E-state index in [0.29, 0.717) is 5.02 Å². The monoisotopic (exact) mass is 385 g/mol. The van der Waals surface area contributed by atoms with Gasteiger partial charge in [-0.05, 0) is 22.9 Å². The summed E-state index contributed by atoms with van der Waals surface area (Å²) in [6, 6.07) is 24.8. The molecule has 0 spiro atoms. The van der Waals surface area contributed by atoms with Gasteiger partial charge in [-0.1, -0.05) is 66.2 Å². The van der Waals surface area contributed by atoms with Gasteiger partial charge in [0.2, 0.25) is 0 Å². The lowest BCUT2D eigenvalue weighted by Crippen LogP contribution is -1.78. The van der Waals surface area contributed by atoms with Crippen molar-refractivity contribution in [1.29, 1.82) is 0 Å². The lowest BCUT2D eigenvalue weighted by molar-refractivity contribution is 0.669. The molecule has 0 fully saturated rings. The fourth-order valence-electron chi connectivity index (χ4n) is 3.66. The highest BCUT2D eigenvalue weighted by Crippen LogP contribution is 2.42. The third-order valence-corrected chi connectivity index (χ3v) is 6.38. The summed E-state index contributed by atoms with van der Waals surface area (Å²) in [6.07, 6.45) is 0. The zero-order valence-electron chi connectivity index (χ0n) is 14.1. The molecule has 0 aliphatic carbocycles. The van der Waals surface area contributed by atoms with E-state index in [-0.39, 0.29) is 0 Å². The number of fused-ring (bicyclic) bond motifs is 5. The minimum Gasteiger partial charge on any atom is -0.456 e. The quantitative estimate of drug-likeness (QED) is 0.290. The van der Waals surface area contributed by atoms with Crippen LogP contribution in [-0.4, -0.2) is 4.98 Å². The van der Waals surface area contributed by atoms with Crippen molar-refractivity contribution in [1.82, 2.24) is 4.98 Å². The molecule has 0 atom stereocenters. The lowest BCUT2D eigenvalue weighted by atomic mass is 10.1. The van der Waals surface area contributed by atoms with Gasteiger partial charge in [-0.15, -0.1) is 11.3 Å². The molecule has 0 N–H and O–H groups in total. The summed E-state index contributed by atoms with van der Waals surface area (Å²) in [5.41, 5.74) is 3.60. The molecule has 6 aromatic rings. The number of rotatable bonds is 1. The summed E-state index contributed by atoms with van der Waals surface area (Å²) in [6.45, 7) is 0. The van der Waals surface area contributed by atoms with Gasteiger partial charge in [0.15, 0.2) is 0 Å². The molecule has 0 aliphatic rings. The predicted molar refractivity (Wildman–Crippen MR) is 115 cm³/mol. The van der Waals surface area contributed by atoms with Crippen LogP contribution in [0.4, 0.5) is 0 Å². The van der Waals surface area contributed by atoms with Crippen LogP contribution in [0.25, 0.3) is 53.5 Å². The number of thiazole rings is 1. The van der Waals surface area contributed by atoms with E-state index >= 15 is 0 Å². The number of furan rings is 1. The molecule has 0 saturated heterocycles. The summed E-state index contributed by atoms with van der Waals surface area (Å²) in [5.74, 6) is 0. The van der Waals surface area contributed by atoms with Gasteiger partial charge in [-0.2, -0.15) is 0 Å². The van der Waals surface area contributed by atoms with E-state index in [2.05, 4.69) is 48.5 Å². The SMILES string of the molecule is Clc1c2nc(-c3ccc4ccccc4c3)sc2cc2oc3ccccc3c12. The standard InChI is InChI=1S/C23H12ClNOS/c24-21-20-16-7-3-4-8-17(16)26-18(20)12-19-22(21)25-23(27-19)15-10-9-13-5-1-2-6-14(13)11-15/h1-12H. The third-order valence-electron chi connectivity index (χ3n) is 4.96. The van der Waals surface area contributed by atoms with Crippen molar-refractivity contribution in [3.05, 3.63) is 77.8 Å². The Morgan fingerprint density at radius 2 is 1.63 bits per heavy atom. The van der Waals surface area contributed by atoms with E-state index in [1.54, 1.807) is 11.3 Å². The van der Waals surface area contributed by atoms with Crippen LogP contribution in [0.15, 0.2) is 77.2 Å². The van der Waals surface area contributed by atoms with Crippen LogP contribution in [0.3, 0.4) is 0 Å². The molecule has 4 aromatic carbocycles. The lowest BCUT2D eigenvalue weighted by Gasteiger charge is -2.00. The van der Waals surface area contributed by atoms with Gasteiger partial charge >= 0.3 is 0 Å². The van der Waals surface area contributed by atoms with Crippen molar-refractivity contribution >= 4 is 65.9 Å². The summed E-state index contributed by atoms with van der Waals surface area (Å²) in [5, 5.41) is 6.03. The Kier molecular flexibility index (Phi) is 3.13. The highest BCUT2D eigenvalue weighted by atomic mass is 35.5. The van der Waals surface area contributed by atoms with Crippen molar-refractivity contribution in [2.45, 2.75) is 0 Å². The maximum atomic E-state index is 6.77. The molecule has 0 unspecified atom stereocenters. The Bertz CT molecular complexity index is 1490. The van der Waals surface area contributed by atoms with Crippen LogP contribution in [0.2, 0.25) is 5.02 Å². The minimum absolute atomic E-state index is 0.663. The van der Waals surface area contributed by atoms with Crippen LogP contribution in [0.1, 0.15) is 0 Å². The second kappa shape index (κ2) is 5.56. The van der Waals surface area contributed by atoms with Crippen molar-refractivity contribution in [2.75, 3.05) is 0 Å². The first-order valence-corrected chi connectivity index (χ1v) is 9.87. The Morgan fingerprint density at radius 3 is 2.56 bits per heavy atom. The van der Waals surface area contributed by atoms with E-state index in [1.807, 2.05) is 24.3 Å². The third kappa shape index (κ3) is 2.22. The number of nitrogens with zero attached hydrogens (tertiary/aromatic N) is 1. The average Bonchev–Trinajstić information content (AvgIpc) is 3.29. The number of hydrogen-bond acceptors (Lipinski definition) is 3. The fourth-order valence-corrected chi connectivity index (χ4v) is 5.06. The van der Waals surface area contributed by atoms with Crippen LogP contribution >= 0.6 is 22.9 Å². The van der Waals surface area contributed by atoms with Crippen LogP contribution in [0.5, 0.6) is 0 Å². The normalized spacial score (nSPS) is 11.9. The van der Waals surface area contributed by atoms with Crippen molar-refractivity contribution < 1.29 is 4.42 Å². The average molecular weight is 386 g/mol.